The summed E-state index contributed by atoms with van der Waals surface area (Å²) in [6.07, 6.45) is 5.96. The van der Waals surface area contributed by atoms with Crippen LogP contribution in [0.25, 0.3) is 0 Å². The molecule has 2 aromatic rings. The second kappa shape index (κ2) is 6.37. The van der Waals surface area contributed by atoms with Crippen LogP contribution in [0.15, 0.2) is 48.8 Å². The Morgan fingerprint density at radius 1 is 0.947 bits per heavy atom. The van der Waals surface area contributed by atoms with Crippen molar-refractivity contribution in [3.63, 3.8) is 0 Å². The molecule has 0 aliphatic carbocycles. The molecular weight excluding hydrogens is 234 g/mol. The molecule has 0 unspecified atom stereocenters. The van der Waals surface area contributed by atoms with Gasteiger partial charge in [-0.2, -0.15) is 0 Å². The SMILES string of the molecule is CC[C@@H](c1ccc(O)cc1)[C@@H](CC)c1cccnc1. The van der Waals surface area contributed by atoms with E-state index in [0.717, 1.165) is 12.8 Å². The Morgan fingerprint density at radius 2 is 1.58 bits per heavy atom. The van der Waals surface area contributed by atoms with Gasteiger partial charge in [-0.1, -0.05) is 32.0 Å². The van der Waals surface area contributed by atoms with Crippen molar-refractivity contribution < 1.29 is 5.11 Å². The normalized spacial score (nSPS) is 14.0. The first-order chi connectivity index (χ1) is 9.26. The van der Waals surface area contributed by atoms with E-state index in [2.05, 4.69) is 24.9 Å². The van der Waals surface area contributed by atoms with Crippen LogP contribution in [0.4, 0.5) is 0 Å². The molecule has 2 heteroatoms. The highest BCUT2D eigenvalue weighted by Gasteiger charge is 2.21. The van der Waals surface area contributed by atoms with Crippen LogP contribution >= 0.6 is 0 Å². The lowest BCUT2D eigenvalue weighted by Crippen LogP contribution is -2.10. The Kier molecular flexibility index (Phi) is 4.56. The largest absolute Gasteiger partial charge is 0.508 e. The molecule has 19 heavy (non-hydrogen) atoms. The minimum atomic E-state index is 0.327. The molecule has 0 spiro atoms. The van der Waals surface area contributed by atoms with Crippen LogP contribution in [0, 0.1) is 0 Å². The van der Waals surface area contributed by atoms with Crippen molar-refractivity contribution in [2.24, 2.45) is 0 Å². The molecule has 1 aromatic carbocycles. The summed E-state index contributed by atoms with van der Waals surface area (Å²) in [5.41, 5.74) is 2.58. The van der Waals surface area contributed by atoms with E-state index in [1.165, 1.54) is 11.1 Å². The van der Waals surface area contributed by atoms with Gasteiger partial charge in [0.1, 0.15) is 5.75 Å². The predicted molar refractivity (Wildman–Crippen MR) is 78.4 cm³/mol. The summed E-state index contributed by atoms with van der Waals surface area (Å²) in [6, 6.07) is 11.8. The van der Waals surface area contributed by atoms with Gasteiger partial charge in [0.05, 0.1) is 0 Å². The van der Waals surface area contributed by atoms with Crippen molar-refractivity contribution in [2.75, 3.05) is 0 Å². The second-order valence-electron chi connectivity index (χ2n) is 4.91. The van der Waals surface area contributed by atoms with Crippen LogP contribution in [-0.4, -0.2) is 10.1 Å². The molecule has 2 atom stereocenters. The smallest absolute Gasteiger partial charge is 0.115 e. The fourth-order valence-electron chi connectivity index (χ4n) is 2.82. The Balaban J connectivity index is 2.31. The van der Waals surface area contributed by atoms with E-state index in [9.17, 15) is 5.11 Å². The summed E-state index contributed by atoms with van der Waals surface area (Å²) < 4.78 is 0. The van der Waals surface area contributed by atoms with E-state index in [0.29, 0.717) is 17.6 Å². The van der Waals surface area contributed by atoms with Crippen LogP contribution in [-0.2, 0) is 0 Å². The zero-order valence-electron chi connectivity index (χ0n) is 11.6. The number of aromatic hydroxyl groups is 1. The Morgan fingerprint density at radius 3 is 2.11 bits per heavy atom. The molecule has 0 saturated heterocycles. The van der Waals surface area contributed by atoms with Gasteiger partial charge in [-0.3, -0.25) is 4.98 Å². The van der Waals surface area contributed by atoms with Crippen molar-refractivity contribution in [1.29, 1.82) is 0 Å². The third kappa shape index (κ3) is 3.14. The first-order valence-corrected chi connectivity index (χ1v) is 6.95. The molecule has 1 heterocycles. The van der Waals surface area contributed by atoms with Gasteiger partial charge in [0.25, 0.3) is 0 Å². The van der Waals surface area contributed by atoms with Crippen molar-refractivity contribution in [2.45, 2.75) is 38.5 Å². The summed E-state index contributed by atoms with van der Waals surface area (Å²) in [4.78, 5) is 4.24. The topological polar surface area (TPSA) is 33.1 Å². The monoisotopic (exact) mass is 255 g/mol. The third-order valence-electron chi connectivity index (χ3n) is 3.80. The van der Waals surface area contributed by atoms with E-state index in [4.69, 9.17) is 0 Å². The van der Waals surface area contributed by atoms with E-state index >= 15 is 0 Å². The van der Waals surface area contributed by atoms with Gasteiger partial charge in [-0.05, 0) is 54.0 Å². The lowest BCUT2D eigenvalue weighted by Gasteiger charge is -2.26. The first kappa shape index (κ1) is 13.6. The molecule has 2 rings (SSSR count). The van der Waals surface area contributed by atoms with E-state index < -0.39 is 0 Å². The number of benzene rings is 1. The van der Waals surface area contributed by atoms with Gasteiger partial charge in [0, 0.05) is 12.4 Å². The molecular formula is C17H21NO. The average molecular weight is 255 g/mol. The maximum atomic E-state index is 9.41. The lowest BCUT2D eigenvalue weighted by atomic mass is 9.79. The van der Waals surface area contributed by atoms with Crippen molar-refractivity contribution in [1.82, 2.24) is 4.98 Å². The van der Waals surface area contributed by atoms with Crippen LogP contribution in [0.2, 0.25) is 0 Å². The summed E-state index contributed by atoms with van der Waals surface area (Å²) in [6.45, 7) is 4.44. The number of rotatable bonds is 5. The van der Waals surface area contributed by atoms with Gasteiger partial charge in [0.15, 0.2) is 0 Å². The molecule has 2 nitrogen and oxygen atoms in total. The van der Waals surface area contributed by atoms with Gasteiger partial charge >= 0.3 is 0 Å². The Bertz CT molecular complexity index is 492. The number of phenols is 1. The van der Waals surface area contributed by atoms with Gasteiger partial charge < -0.3 is 5.11 Å². The van der Waals surface area contributed by atoms with Crippen LogP contribution in [0.1, 0.15) is 49.7 Å². The van der Waals surface area contributed by atoms with Crippen molar-refractivity contribution in [3.05, 3.63) is 59.9 Å². The van der Waals surface area contributed by atoms with Crippen molar-refractivity contribution in [3.8, 4) is 5.75 Å². The van der Waals surface area contributed by atoms with Crippen LogP contribution in [0.5, 0.6) is 5.75 Å². The van der Waals surface area contributed by atoms with Crippen LogP contribution < -0.4 is 0 Å². The van der Waals surface area contributed by atoms with Crippen molar-refractivity contribution >= 4 is 0 Å². The third-order valence-corrected chi connectivity index (χ3v) is 3.80. The molecule has 0 aliphatic rings. The Hall–Kier alpha value is -1.83. The highest BCUT2D eigenvalue weighted by Crippen LogP contribution is 2.37. The summed E-state index contributed by atoms with van der Waals surface area (Å²) >= 11 is 0. The quantitative estimate of drug-likeness (QED) is 0.854. The highest BCUT2D eigenvalue weighted by molar-refractivity contribution is 5.31. The minimum absolute atomic E-state index is 0.327. The molecule has 0 amide bonds. The fourth-order valence-corrected chi connectivity index (χ4v) is 2.82. The Labute approximate surface area is 115 Å². The molecule has 0 aliphatic heterocycles. The maximum absolute atomic E-state index is 9.41. The molecule has 0 fully saturated rings. The predicted octanol–water partition coefficient (Wildman–Crippen LogP) is 4.47. The molecule has 0 saturated carbocycles. The number of pyridine rings is 1. The zero-order valence-corrected chi connectivity index (χ0v) is 11.6. The second-order valence-corrected chi connectivity index (χ2v) is 4.91. The number of nitrogens with zero attached hydrogens (tertiary/aromatic N) is 1. The van der Waals surface area contributed by atoms with Crippen LogP contribution in [0.3, 0.4) is 0 Å². The zero-order chi connectivity index (χ0) is 13.7. The lowest BCUT2D eigenvalue weighted by molar-refractivity contribution is 0.472. The minimum Gasteiger partial charge on any atom is -0.508 e. The number of hydrogen-bond donors (Lipinski definition) is 1. The molecule has 1 aromatic heterocycles. The molecule has 1 N–H and O–H groups in total. The summed E-state index contributed by atoms with van der Waals surface area (Å²) in [5.74, 6) is 1.27. The fraction of sp³-hybridized carbons (Fsp3) is 0.353. The maximum Gasteiger partial charge on any atom is 0.115 e. The summed E-state index contributed by atoms with van der Waals surface area (Å²) in [5, 5.41) is 9.41. The van der Waals surface area contributed by atoms with E-state index in [-0.39, 0.29) is 0 Å². The standard InChI is InChI=1S/C17H21NO/c1-3-16(13-7-9-15(19)10-8-13)17(4-2)14-6-5-11-18-12-14/h5-12,16-17,19H,3-4H2,1-2H3/t16-,17-/m0/s1. The molecule has 100 valence electrons. The van der Waals surface area contributed by atoms with Gasteiger partial charge in [-0.25, -0.2) is 0 Å². The van der Waals surface area contributed by atoms with E-state index in [1.54, 1.807) is 12.1 Å². The van der Waals surface area contributed by atoms with Gasteiger partial charge in [0.2, 0.25) is 0 Å². The first-order valence-electron chi connectivity index (χ1n) is 6.95. The number of hydrogen-bond acceptors (Lipinski definition) is 2. The average Bonchev–Trinajstić information content (AvgIpc) is 2.47. The number of aromatic nitrogens is 1. The highest BCUT2D eigenvalue weighted by atomic mass is 16.3. The molecule has 0 radical (unpaired) electrons. The molecule has 0 bridgehead atoms. The number of phenolic OH excluding ortho intramolecular Hbond substituents is 1. The van der Waals surface area contributed by atoms with Gasteiger partial charge in [-0.15, -0.1) is 0 Å². The van der Waals surface area contributed by atoms with E-state index in [1.807, 2.05) is 30.6 Å². The summed E-state index contributed by atoms with van der Waals surface area (Å²) in [7, 11) is 0.